The summed E-state index contributed by atoms with van der Waals surface area (Å²) in [5.41, 5.74) is 2.97. The van der Waals surface area contributed by atoms with Gasteiger partial charge < -0.3 is 20.7 Å². The molecule has 2 aromatic carbocycles. The number of anilines is 1. The number of carbonyl (C=O) groups is 2. The summed E-state index contributed by atoms with van der Waals surface area (Å²) in [4.78, 5) is 23.6. The number of aryl methyl sites for hydroxylation is 1. The van der Waals surface area contributed by atoms with Crippen LogP contribution in [0.4, 0.5) is 10.5 Å². The number of nitrogens with one attached hydrogen (secondary N) is 3. The van der Waals surface area contributed by atoms with Crippen LogP contribution in [-0.2, 0) is 11.2 Å². The first kappa shape index (κ1) is 20.3. The van der Waals surface area contributed by atoms with Crippen molar-refractivity contribution < 1.29 is 14.3 Å². The van der Waals surface area contributed by atoms with Crippen LogP contribution < -0.4 is 20.7 Å². The van der Waals surface area contributed by atoms with E-state index in [9.17, 15) is 9.59 Å². The number of carbonyl (C=O) groups excluding carboxylic acids is 2. The monoisotopic (exact) mass is 369 g/mol. The largest absolute Gasteiger partial charge is 0.484 e. The predicted molar refractivity (Wildman–Crippen MR) is 107 cm³/mol. The smallest absolute Gasteiger partial charge is 0.319 e. The number of rotatable bonds is 8. The third kappa shape index (κ3) is 6.66. The molecule has 144 valence electrons. The average Bonchev–Trinajstić information content (AvgIpc) is 2.67. The second-order valence-corrected chi connectivity index (χ2v) is 6.18. The van der Waals surface area contributed by atoms with Crippen LogP contribution in [0.25, 0.3) is 0 Å². The number of amides is 3. The highest BCUT2D eigenvalue weighted by molar-refractivity contribution is 5.89. The molecule has 0 heterocycles. The summed E-state index contributed by atoms with van der Waals surface area (Å²) >= 11 is 0. The molecule has 0 radical (unpaired) electrons. The summed E-state index contributed by atoms with van der Waals surface area (Å²) in [6, 6.07) is 14.7. The molecule has 0 fully saturated rings. The number of hydrogen-bond donors (Lipinski definition) is 3. The Morgan fingerprint density at radius 2 is 1.67 bits per heavy atom. The maximum Gasteiger partial charge on any atom is 0.319 e. The molecule has 0 aliphatic heterocycles. The molecule has 27 heavy (non-hydrogen) atoms. The van der Waals surface area contributed by atoms with Crippen LogP contribution in [0.2, 0.25) is 0 Å². The molecule has 6 heteroatoms. The minimum absolute atomic E-state index is 0.0323. The first-order chi connectivity index (χ1) is 13.0. The molecule has 0 aliphatic carbocycles. The van der Waals surface area contributed by atoms with Crippen molar-refractivity contribution in [2.75, 3.05) is 18.5 Å². The van der Waals surface area contributed by atoms with Gasteiger partial charge in [0.05, 0.1) is 6.04 Å². The van der Waals surface area contributed by atoms with Crippen LogP contribution >= 0.6 is 0 Å². The van der Waals surface area contributed by atoms with Crippen molar-refractivity contribution in [1.82, 2.24) is 10.6 Å². The third-order valence-corrected chi connectivity index (χ3v) is 4.09. The van der Waals surface area contributed by atoms with Gasteiger partial charge in [0.15, 0.2) is 6.61 Å². The van der Waals surface area contributed by atoms with E-state index in [0.29, 0.717) is 18.0 Å². The minimum atomic E-state index is -0.280. The van der Waals surface area contributed by atoms with E-state index in [1.807, 2.05) is 26.0 Å². The van der Waals surface area contributed by atoms with Gasteiger partial charge in [-0.3, -0.25) is 4.79 Å². The van der Waals surface area contributed by atoms with Gasteiger partial charge >= 0.3 is 6.03 Å². The van der Waals surface area contributed by atoms with Gasteiger partial charge in [-0.1, -0.05) is 31.2 Å². The zero-order chi connectivity index (χ0) is 19.6. The Morgan fingerprint density at radius 3 is 2.26 bits per heavy atom. The van der Waals surface area contributed by atoms with Gasteiger partial charge in [-0.05, 0) is 55.7 Å². The highest BCUT2D eigenvalue weighted by Gasteiger charge is 2.10. The van der Waals surface area contributed by atoms with E-state index >= 15 is 0 Å². The zero-order valence-electron chi connectivity index (χ0n) is 16.0. The van der Waals surface area contributed by atoms with Crippen LogP contribution in [0.15, 0.2) is 48.5 Å². The fourth-order valence-corrected chi connectivity index (χ4v) is 2.52. The van der Waals surface area contributed by atoms with E-state index in [-0.39, 0.29) is 24.6 Å². The quantitative estimate of drug-likeness (QED) is 0.664. The first-order valence-corrected chi connectivity index (χ1v) is 9.17. The molecule has 0 bridgehead atoms. The molecule has 3 N–H and O–H groups in total. The van der Waals surface area contributed by atoms with Gasteiger partial charge in [0.2, 0.25) is 0 Å². The van der Waals surface area contributed by atoms with Crippen molar-refractivity contribution in [3.8, 4) is 5.75 Å². The second-order valence-electron chi connectivity index (χ2n) is 6.18. The van der Waals surface area contributed by atoms with Gasteiger partial charge in [0.25, 0.3) is 5.91 Å². The number of ether oxygens (including phenoxy) is 1. The van der Waals surface area contributed by atoms with E-state index in [2.05, 4.69) is 35.0 Å². The van der Waals surface area contributed by atoms with Crippen molar-refractivity contribution in [3.05, 3.63) is 59.7 Å². The van der Waals surface area contributed by atoms with Gasteiger partial charge in [-0.15, -0.1) is 0 Å². The first-order valence-electron chi connectivity index (χ1n) is 9.17. The van der Waals surface area contributed by atoms with Crippen molar-refractivity contribution >= 4 is 17.6 Å². The van der Waals surface area contributed by atoms with Crippen molar-refractivity contribution in [3.63, 3.8) is 0 Å². The lowest BCUT2D eigenvalue weighted by molar-refractivity contribution is -0.122. The van der Waals surface area contributed by atoms with E-state index < -0.39 is 0 Å². The lowest BCUT2D eigenvalue weighted by Crippen LogP contribution is -2.31. The van der Waals surface area contributed by atoms with Crippen LogP contribution in [0.5, 0.6) is 5.75 Å². The van der Waals surface area contributed by atoms with Crippen LogP contribution in [0.1, 0.15) is 37.9 Å². The fourth-order valence-electron chi connectivity index (χ4n) is 2.52. The molecule has 0 saturated heterocycles. The summed E-state index contributed by atoms with van der Waals surface area (Å²) in [5.74, 6) is 0.400. The van der Waals surface area contributed by atoms with Crippen LogP contribution in [-0.4, -0.2) is 25.1 Å². The molecule has 3 amide bonds. The van der Waals surface area contributed by atoms with Crippen molar-refractivity contribution in [2.24, 2.45) is 0 Å². The number of likely N-dealkylation sites (N-methyl/N-ethyl adjacent to an activating group) is 1. The summed E-state index contributed by atoms with van der Waals surface area (Å²) < 4.78 is 5.38. The summed E-state index contributed by atoms with van der Waals surface area (Å²) in [6.07, 6.45) is 0.992. The second kappa shape index (κ2) is 10.2. The number of hydrogen-bond acceptors (Lipinski definition) is 3. The normalized spacial score (nSPS) is 11.4. The van der Waals surface area contributed by atoms with Crippen LogP contribution in [0, 0.1) is 0 Å². The maximum atomic E-state index is 12.2. The summed E-state index contributed by atoms with van der Waals surface area (Å²) in [5, 5.41) is 8.37. The molecule has 0 saturated carbocycles. The van der Waals surface area contributed by atoms with Crippen LogP contribution in [0.3, 0.4) is 0 Å². The molecule has 0 spiro atoms. The predicted octanol–water partition coefficient (Wildman–Crippen LogP) is 3.65. The Labute approximate surface area is 160 Å². The average molecular weight is 369 g/mol. The van der Waals surface area contributed by atoms with Gasteiger partial charge in [-0.2, -0.15) is 0 Å². The highest BCUT2D eigenvalue weighted by Crippen LogP contribution is 2.17. The Morgan fingerprint density at radius 1 is 1.00 bits per heavy atom. The third-order valence-electron chi connectivity index (χ3n) is 4.09. The Hall–Kier alpha value is -3.02. The molecule has 1 atom stereocenters. The standard InChI is InChI=1S/C21H27N3O3/c1-4-16-6-8-17(9-7-16)15(3)23-21(26)24-18-10-12-19(13-11-18)27-14-20(25)22-5-2/h6-13,15H,4-5,14H2,1-3H3,(H,22,25)(H2,23,24,26). The van der Waals surface area contributed by atoms with E-state index in [1.54, 1.807) is 24.3 Å². The van der Waals surface area contributed by atoms with E-state index in [4.69, 9.17) is 4.74 Å². The van der Waals surface area contributed by atoms with E-state index in [1.165, 1.54) is 5.56 Å². The molecular formula is C21H27N3O3. The fraction of sp³-hybridized carbons (Fsp3) is 0.333. The SMILES string of the molecule is CCNC(=O)COc1ccc(NC(=O)NC(C)c2ccc(CC)cc2)cc1. The molecule has 1 unspecified atom stereocenters. The molecule has 2 rings (SSSR count). The zero-order valence-corrected chi connectivity index (χ0v) is 16.0. The number of benzene rings is 2. The van der Waals surface area contributed by atoms with Gasteiger partial charge in [0.1, 0.15) is 5.75 Å². The molecule has 6 nitrogen and oxygen atoms in total. The molecule has 2 aromatic rings. The topological polar surface area (TPSA) is 79.5 Å². The maximum absolute atomic E-state index is 12.2. The minimum Gasteiger partial charge on any atom is -0.484 e. The van der Waals surface area contributed by atoms with Gasteiger partial charge in [0, 0.05) is 12.2 Å². The van der Waals surface area contributed by atoms with Crippen molar-refractivity contribution in [1.29, 1.82) is 0 Å². The highest BCUT2D eigenvalue weighted by atomic mass is 16.5. The lowest BCUT2D eigenvalue weighted by atomic mass is 10.1. The summed E-state index contributed by atoms with van der Waals surface area (Å²) in [7, 11) is 0. The van der Waals surface area contributed by atoms with E-state index in [0.717, 1.165) is 12.0 Å². The Balaban J connectivity index is 1.83. The summed E-state index contributed by atoms with van der Waals surface area (Å²) in [6.45, 7) is 6.44. The molecular weight excluding hydrogens is 342 g/mol. The molecule has 0 aromatic heterocycles. The molecule has 0 aliphatic rings. The number of urea groups is 1. The van der Waals surface area contributed by atoms with Crippen molar-refractivity contribution in [2.45, 2.75) is 33.2 Å². The Bertz CT molecular complexity index is 742. The lowest BCUT2D eigenvalue weighted by Gasteiger charge is -2.15. The van der Waals surface area contributed by atoms with Gasteiger partial charge in [-0.25, -0.2) is 4.79 Å². The Kier molecular flexibility index (Phi) is 7.67.